The van der Waals surface area contributed by atoms with E-state index < -0.39 is 0 Å². The molecule has 0 saturated carbocycles. The Morgan fingerprint density at radius 2 is 2.07 bits per heavy atom. The number of hydrogen-bond donors (Lipinski definition) is 0. The summed E-state index contributed by atoms with van der Waals surface area (Å²) in [6.07, 6.45) is 1.70. The Morgan fingerprint density at radius 1 is 1.29 bits per heavy atom. The average molecular weight is 189 g/mol. The van der Waals surface area contributed by atoms with Gasteiger partial charge in [-0.3, -0.25) is 0 Å². The first-order valence-corrected chi connectivity index (χ1v) is 4.37. The van der Waals surface area contributed by atoms with Gasteiger partial charge in [0.15, 0.2) is 11.7 Å². The number of aryl methyl sites for hydroxylation is 1. The topological polar surface area (TPSA) is 35.3 Å². The van der Waals surface area contributed by atoms with Gasteiger partial charge in [-0.15, -0.1) is 0 Å². The summed E-state index contributed by atoms with van der Waals surface area (Å²) >= 11 is 0. The largest absolute Gasteiger partial charge is 0.496 e. The van der Waals surface area contributed by atoms with Crippen LogP contribution in [0.5, 0.6) is 5.75 Å². The van der Waals surface area contributed by atoms with E-state index in [1.807, 2.05) is 31.2 Å². The monoisotopic (exact) mass is 189 g/mol. The van der Waals surface area contributed by atoms with Crippen LogP contribution in [0.25, 0.3) is 11.3 Å². The normalized spacial score (nSPS) is 10.1. The van der Waals surface area contributed by atoms with Gasteiger partial charge in [-0.2, -0.15) is 0 Å². The molecule has 1 aromatic heterocycles. The molecule has 3 heteroatoms. The van der Waals surface area contributed by atoms with Crippen molar-refractivity contribution in [2.24, 2.45) is 0 Å². The molecule has 2 rings (SSSR count). The zero-order chi connectivity index (χ0) is 9.97. The van der Waals surface area contributed by atoms with Crippen LogP contribution in [0.1, 0.15) is 5.89 Å². The Bertz CT molecular complexity index is 434. The fraction of sp³-hybridized carbons (Fsp3) is 0.182. The Balaban J connectivity index is 2.50. The number of benzene rings is 1. The molecule has 0 spiro atoms. The Kier molecular flexibility index (Phi) is 2.23. The molecular weight excluding hydrogens is 178 g/mol. The third-order valence-corrected chi connectivity index (χ3v) is 1.99. The highest BCUT2D eigenvalue weighted by Gasteiger charge is 2.08. The standard InChI is InChI=1S/C11H11NO2/c1-8-12-7-11(14-8)9-5-3-4-6-10(9)13-2/h3-7H,1-2H3. The summed E-state index contributed by atoms with van der Waals surface area (Å²) in [5, 5.41) is 0. The summed E-state index contributed by atoms with van der Waals surface area (Å²) in [6.45, 7) is 1.82. The first-order valence-electron chi connectivity index (χ1n) is 4.37. The maximum absolute atomic E-state index is 5.42. The molecule has 2 aromatic rings. The molecule has 0 aliphatic carbocycles. The lowest BCUT2D eigenvalue weighted by atomic mass is 10.1. The van der Waals surface area contributed by atoms with Crippen molar-refractivity contribution in [2.45, 2.75) is 6.92 Å². The van der Waals surface area contributed by atoms with Gasteiger partial charge in [0.1, 0.15) is 5.75 Å². The fourth-order valence-electron chi connectivity index (χ4n) is 1.33. The van der Waals surface area contributed by atoms with E-state index in [-0.39, 0.29) is 0 Å². The van der Waals surface area contributed by atoms with Crippen LogP contribution in [0, 0.1) is 6.92 Å². The van der Waals surface area contributed by atoms with Crippen molar-refractivity contribution in [3.63, 3.8) is 0 Å². The van der Waals surface area contributed by atoms with E-state index in [4.69, 9.17) is 9.15 Å². The summed E-state index contributed by atoms with van der Waals surface area (Å²) < 4.78 is 10.6. The molecule has 0 atom stereocenters. The summed E-state index contributed by atoms with van der Waals surface area (Å²) in [6, 6.07) is 7.70. The SMILES string of the molecule is COc1ccccc1-c1cnc(C)o1. The van der Waals surface area contributed by atoms with Crippen molar-refractivity contribution in [1.29, 1.82) is 0 Å². The van der Waals surface area contributed by atoms with Crippen molar-refractivity contribution >= 4 is 0 Å². The van der Waals surface area contributed by atoms with Gasteiger partial charge in [-0.1, -0.05) is 12.1 Å². The van der Waals surface area contributed by atoms with Crippen molar-refractivity contribution in [1.82, 2.24) is 4.98 Å². The van der Waals surface area contributed by atoms with Crippen LogP contribution in [-0.2, 0) is 0 Å². The molecule has 0 N–H and O–H groups in total. The lowest BCUT2D eigenvalue weighted by Gasteiger charge is -2.03. The second kappa shape index (κ2) is 3.54. The van der Waals surface area contributed by atoms with Crippen molar-refractivity contribution in [3.05, 3.63) is 36.4 Å². The first kappa shape index (κ1) is 8.81. The van der Waals surface area contributed by atoms with Crippen LogP contribution in [0.2, 0.25) is 0 Å². The van der Waals surface area contributed by atoms with Crippen LogP contribution in [-0.4, -0.2) is 12.1 Å². The molecule has 0 radical (unpaired) electrons. The van der Waals surface area contributed by atoms with Gasteiger partial charge in [0.25, 0.3) is 0 Å². The van der Waals surface area contributed by atoms with Gasteiger partial charge < -0.3 is 9.15 Å². The van der Waals surface area contributed by atoms with E-state index >= 15 is 0 Å². The number of oxazole rings is 1. The smallest absolute Gasteiger partial charge is 0.191 e. The zero-order valence-electron chi connectivity index (χ0n) is 8.15. The fourth-order valence-corrected chi connectivity index (χ4v) is 1.33. The molecule has 72 valence electrons. The first-order chi connectivity index (χ1) is 6.81. The number of methoxy groups -OCH3 is 1. The number of para-hydroxylation sites is 1. The molecule has 0 aliphatic rings. The highest BCUT2D eigenvalue weighted by atomic mass is 16.5. The predicted molar refractivity (Wildman–Crippen MR) is 53.2 cm³/mol. The van der Waals surface area contributed by atoms with Crippen LogP contribution < -0.4 is 4.74 Å². The lowest BCUT2D eigenvalue weighted by Crippen LogP contribution is -1.85. The average Bonchev–Trinajstić information content (AvgIpc) is 2.65. The maximum atomic E-state index is 5.42. The molecule has 3 nitrogen and oxygen atoms in total. The van der Waals surface area contributed by atoms with Gasteiger partial charge in [0.05, 0.1) is 18.9 Å². The molecule has 0 bridgehead atoms. The second-order valence-electron chi connectivity index (χ2n) is 2.94. The number of rotatable bonds is 2. The maximum Gasteiger partial charge on any atom is 0.191 e. The molecule has 0 aliphatic heterocycles. The van der Waals surface area contributed by atoms with Gasteiger partial charge in [0.2, 0.25) is 0 Å². The summed E-state index contributed by atoms with van der Waals surface area (Å²) in [5.41, 5.74) is 0.926. The molecule has 0 fully saturated rings. The van der Waals surface area contributed by atoms with E-state index in [0.717, 1.165) is 17.1 Å². The number of hydrogen-bond acceptors (Lipinski definition) is 3. The number of nitrogens with zero attached hydrogens (tertiary/aromatic N) is 1. The van der Waals surface area contributed by atoms with E-state index in [0.29, 0.717) is 5.89 Å². The highest BCUT2D eigenvalue weighted by Crippen LogP contribution is 2.29. The van der Waals surface area contributed by atoms with E-state index in [1.54, 1.807) is 13.3 Å². The van der Waals surface area contributed by atoms with Crippen LogP contribution in [0.4, 0.5) is 0 Å². The highest BCUT2D eigenvalue weighted by molar-refractivity contribution is 5.64. The summed E-state index contributed by atoms with van der Waals surface area (Å²) in [4.78, 5) is 4.05. The van der Waals surface area contributed by atoms with Crippen molar-refractivity contribution in [3.8, 4) is 17.1 Å². The minimum absolute atomic E-state index is 0.658. The van der Waals surface area contributed by atoms with Crippen LogP contribution in [0.3, 0.4) is 0 Å². The Hall–Kier alpha value is -1.77. The second-order valence-corrected chi connectivity index (χ2v) is 2.94. The minimum Gasteiger partial charge on any atom is -0.496 e. The molecule has 0 unspecified atom stereocenters. The lowest BCUT2D eigenvalue weighted by molar-refractivity contribution is 0.414. The number of aromatic nitrogens is 1. The summed E-state index contributed by atoms with van der Waals surface area (Å²) in [7, 11) is 1.64. The molecule has 1 aromatic carbocycles. The van der Waals surface area contributed by atoms with Gasteiger partial charge in [0, 0.05) is 6.92 Å². The molecular formula is C11H11NO2. The molecule has 0 amide bonds. The van der Waals surface area contributed by atoms with Gasteiger partial charge >= 0.3 is 0 Å². The Morgan fingerprint density at radius 3 is 2.71 bits per heavy atom. The van der Waals surface area contributed by atoms with E-state index in [2.05, 4.69) is 4.98 Å². The predicted octanol–water partition coefficient (Wildman–Crippen LogP) is 2.66. The summed E-state index contributed by atoms with van der Waals surface area (Å²) in [5.74, 6) is 2.19. The number of ether oxygens (including phenoxy) is 1. The minimum atomic E-state index is 0.658. The van der Waals surface area contributed by atoms with E-state index in [9.17, 15) is 0 Å². The van der Waals surface area contributed by atoms with Crippen LogP contribution in [0.15, 0.2) is 34.9 Å². The van der Waals surface area contributed by atoms with Gasteiger partial charge in [-0.25, -0.2) is 4.98 Å². The molecule has 14 heavy (non-hydrogen) atoms. The third-order valence-electron chi connectivity index (χ3n) is 1.99. The quantitative estimate of drug-likeness (QED) is 0.728. The van der Waals surface area contributed by atoms with E-state index in [1.165, 1.54) is 0 Å². The third kappa shape index (κ3) is 1.48. The zero-order valence-corrected chi connectivity index (χ0v) is 8.15. The van der Waals surface area contributed by atoms with Crippen molar-refractivity contribution < 1.29 is 9.15 Å². The molecule has 1 heterocycles. The molecule has 0 saturated heterocycles. The van der Waals surface area contributed by atoms with Crippen LogP contribution >= 0.6 is 0 Å². The Labute approximate surface area is 82.3 Å². The van der Waals surface area contributed by atoms with Crippen molar-refractivity contribution in [2.75, 3.05) is 7.11 Å². The van der Waals surface area contributed by atoms with Gasteiger partial charge in [-0.05, 0) is 12.1 Å².